The molecule has 104 valence electrons. The number of hydrogen-bond donors (Lipinski definition) is 2. The van der Waals surface area contributed by atoms with Crippen LogP contribution in [-0.2, 0) is 4.79 Å². The Morgan fingerprint density at radius 1 is 1.44 bits per heavy atom. The van der Waals surface area contributed by atoms with Crippen molar-refractivity contribution in [2.45, 2.75) is 45.4 Å². The average Bonchev–Trinajstić information content (AvgIpc) is 2.40. The van der Waals surface area contributed by atoms with E-state index in [2.05, 4.69) is 5.16 Å². The Hall–Kier alpha value is -1.26. The van der Waals surface area contributed by atoms with Crippen LogP contribution in [0.1, 0.15) is 45.4 Å². The third kappa shape index (κ3) is 3.89. The minimum atomic E-state index is -0.497. The standard InChI is InChI=1S/C13H25N3O2/c1-3-11(12(14)15-18)13(17)16(2)9-10-7-5-4-6-8-10/h10-11,18H,3-9H2,1-2H3,(H2,14,15). The molecule has 5 heteroatoms. The molecule has 0 spiro atoms. The Labute approximate surface area is 109 Å². The zero-order valence-corrected chi connectivity index (χ0v) is 11.4. The van der Waals surface area contributed by atoms with Crippen molar-refractivity contribution in [3.8, 4) is 0 Å². The molecule has 1 saturated carbocycles. The maximum atomic E-state index is 12.2. The molecular formula is C13H25N3O2. The van der Waals surface area contributed by atoms with Crippen molar-refractivity contribution in [2.75, 3.05) is 13.6 Å². The van der Waals surface area contributed by atoms with E-state index in [1.54, 1.807) is 4.90 Å². The van der Waals surface area contributed by atoms with Crippen LogP contribution in [0, 0.1) is 11.8 Å². The highest BCUT2D eigenvalue weighted by Gasteiger charge is 2.26. The molecule has 0 bridgehead atoms. The lowest BCUT2D eigenvalue weighted by atomic mass is 9.88. The van der Waals surface area contributed by atoms with Crippen LogP contribution in [0.3, 0.4) is 0 Å². The topological polar surface area (TPSA) is 78.9 Å². The fourth-order valence-electron chi connectivity index (χ4n) is 2.69. The van der Waals surface area contributed by atoms with Crippen molar-refractivity contribution in [1.29, 1.82) is 0 Å². The zero-order chi connectivity index (χ0) is 13.5. The van der Waals surface area contributed by atoms with Crippen molar-refractivity contribution < 1.29 is 10.0 Å². The minimum Gasteiger partial charge on any atom is -0.409 e. The molecule has 0 aliphatic heterocycles. The normalized spacial score (nSPS) is 19.6. The third-order valence-electron chi connectivity index (χ3n) is 3.81. The van der Waals surface area contributed by atoms with Crippen LogP contribution in [0.25, 0.3) is 0 Å². The molecule has 5 nitrogen and oxygen atoms in total. The van der Waals surface area contributed by atoms with E-state index in [1.807, 2.05) is 14.0 Å². The van der Waals surface area contributed by atoms with Crippen LogP contribution in [0.5, 0.6) is 0 Å². The smallest absolute Gasteiger partial charge is 0.233 e. The van der Waals surface area contributed by atoms with Gasteiger partial charge in [-0.05, 0) is 25.2 Å². The van der Waals surface area contributed by atoms with Gasteiger partial charge in [0.1, 0.15) is 0 Å². The predicted octanol–water partition coefficient (Wildman–Crippen LogP) is 1.80. The number of carbonyl (C=O) groups excluding carboxylic acids is 1. The summed E-state index contributed by atoms with van der Waals surface area (Å²) in [7, 11) is 1.81. The summed E-state index contributed by atoms with van der Waals surface area (Å²) >= 11 is 0. The first-order valence-electron chi connectivity index (χ1n) is 6.82. The molecule has 1 aliphatic carbocycles. The van der Waals surface area contributed by atoms with Gasteiger partial charge in [0, 0.05) is 13.6 Å². The number of rotatable bonds is 5. The van der Waals surface area contributed by atoms with Gasteiger partial charge < -0.3 is 15.8 Å². The van der Waals surface area contributed by atoms with Crippen LogP contribution in [-0.4, -0.2) is 35.4 Å². The highest BCUT2D eigenvalue weighted by atomic mass is 16.4. The molecule has 18 heavy (non-hydrogen) atoms. The fourth-order valence-corrected chi connectivity index (χ4v) is 2.69. The molecule has 1 rings (SSSR count). The molecule has 0 aromatic heterocycles. The van der Waals surface area contributed by atoms with Crippen molar-refractivity contribution in [2.24, 2.45) is 22.7 Å². The predicted molar refractivity (Wildman–Crippen MR) is 71.4 cm³/mol. The molecule has 0 radical (unpaired) electrons. The third-order valence-corrected chi connectivity index (χ3v) is 3.81. The lowest BCUT2D eigenvalue weighted by molar-refractivity contribution is -0.132. The van der Waals surface area contributed by atoms with Gasteiger partial charge in [-0.15, -0.1) is 0 Å². The Morgan fingerprint density at radius 3 is 2.56 bits per heavy atom. The van der Waals surface area contributed by atoms with Crippen molar-refractivity contribution in [1.82, 2.24) is 4.90 Å². The van der Waals surface area contributed by atoms with Crippen LogP contribution >= 0.6 is 0 Å². The van der Waals surface area contributed by atoms with Crippen LogP contribution in [0.15, 0.2) is 5.16 Å². The summed E-state index contributed by atoms with van der Waals surface area (Å²) < 4.78 is 0. The summed E-state index contributed by atoms with van der Waals surface area (Å²) in [5.74, 6) is 0.0810. The second-order valence-electron chi connectivity index (χ2n) is 5.21. The molecule has 1 amide bonds. The molecule has 1 unspecified atom stereocenters. The van der Waals surface area contributed by atoms with Crippen LogP contribution in [0.2, 0.25) is 0 Å². The Bertz CT molecular complexity index is 299. The number of nitrogens with two attached hydrogens (primary N) is 1. The fraction of sp³-hybridized carbons (Fsp3) is 0.846. The lowest BCUT2D eigenvalue weighted by Crippen LogP contribution is -2.41. The van der Waals surface area contributed by atoms with E-state index in [9.17, 15) is 4.79 Å². The highest BCUT2D eigenvalue weighted by Crippen LogP contribution is 2.24. The number of carbonyl (C=O) groups is 1. The van der Waals surface area contributed by atoms with E-state index in [1.165, 1.54) is 32.1 Å². The van der Waals surface area contributed by atoms with Crippen LogP contribution in [0.4, 0.5) is 0 Å². The lowest BCUT2D eigenvalue weighted by Gasteiger charge is -2.29. The summed E-state index contributed by atoms with van der Waals surface area (Å²) in [4.78, 5) is 13.9. The van der Waals surface area contributed by atoms with Gasteiger partial charge in [0.05, 0.1) is 5.92 Å². The van der Waals surface area contributed by atoms with E-state index < -0.39 is 5.92 Å². The highest BCUT2D eigenvalue weighted by molar-refractivity contribution is 6.01. The summed E-state index contributed by atoms with van der Waals surface area (Å²) in [6.07, 6.45) is 6.82. The van der Waals surface area contributed by atoms with Gasteiger partial charge in [0.2, 0.25) is 5.91 Å². The molecule has 1 aliphatic rings. The average molecular weight is 255 g/mol. The minimum absolute atomic E-state index is 0.0120. The van der Waals surface area contributed by atoms with Crippen LogP contribution < -0.4 is 5.73 Å². The van der Waals surface area contributed by atoms with Gasteiger partial charge >= 0.3 is 0 Å². The number of oxime groups is 1. The van der Waals surface area contributed by atoms with E-state index in [4.69, 9.17) is 10.9 Å². The molecule has 1 fully saturated rings. The van der Waals surface area contributed by atoms with Crippen molar-refractivity contribution in [3.05, 3.63) is 0 Å². The van der Waals surface area contributed by atoms with Gasteiger partial charge in [-0.1, -0.05) is 31.3 Å². The quantitative estimate of drug-likeness (QED) is 0.340. The van der Waals surface area contributed by atoms with Gasteiger partial charge in [0.25, 0.3) is 0 Å². The van der Waals surface area contributed by atoms with Gasteiger partial charge in [-0.3, -0.25) is 4.79 Å². The second-order valence-corrected chi connectivity index (χ2v) is 5.21. The maximum absolute atomic E-state index is 12.2. The molecular weight excluding hydrogens is 230 g/mol. The van der Waals surface area contributed by atoms with E-state index in [0.29, 0.717) is 12.3 Å². The van der Waals surface area contributed by atoms with Gasteiger partial charge in [0.15, 0.2) is 5.84 Å². The summed E-state index contributed by atoms with van der Waals surface area (Å²) in [6, 6.07) is 0. The Morgan fingerprint density at radius 2 is 2.06 bits per heavy atom. The number of nitrogens with zero attached hydrogens (tertiary/aromatic N) is 2. The van der Waals surface area contributed by atoms with Gasteiger partial charge in [-0.25, -0.2) is 0 Å². The molecule has 0 aromatic rings. The van der Waals surface area contributed by atoms with Gasteiger partial charge in [-0.2, -0.15) is 0 Å². The molecule has 3 N–H and O–H groups in total. The van der Waals surface area contributed by atoms with Crippen molar-refractivity contribution >= 4 is 11.7 Å². The SMILES string of the molecule is CCC(C(=O)N(C)CC1CCCCC1)C(N)=NO. The summed E-state index contributed by atoms with van der Waals surface area (Å²) in [5.41, 5.74) is 5.55. The first-order valence-corrected chi connectivity index (χ1v) is 6.82. The van der Waals surface area contributed by atoms with Crippen molar-refractivity contribution in [3.63, 3.8) is 0 Å². The summed E-state index contributed by atoms with van der Waals surface area (Å²) in [6.45, 7) is 2.66. The maximum Gasteiger partial charge on any atom is 0.233 e. The molecule has 0 heterocycles. The second kappa shape index (κ2) is 7.24. The zero-order valence-electron chi connectivity index (χ0n) is 11.4. The molecule has 1 atom stereocenters. The number of amidine groups is 1. The molecule has 0 saturated heterocycles. The van der Waals surface area contributed by atoms with E-state index in [-0.39, 0.29) is 11.7 Å². The Kier molecular flexibility index (Phi) is 5.95. The Balaban J connectivity index is 2.53. The first kappa shape index (κ1) is 14.8. The van der Waals surface area contributed by atoms with E-state index >= 15 is 0 Å². The largest absolute Gasteiger partial charge is 0.409 e. The number of hydrogen-bond acceptors (Lipinski definition) is 3. The first-order chi connectivity index (χ1) is 8.60. The summed E-state index contributed by atoms with van der Waals surface area (Å²) in [5, 5.41) is 11.6. The van der Waals surface area contributed by atoms with E-state index in [0.717, 1.165) is 6.54 Å². The number of amides is 1. The molecule has 0 aromatic carbocycles. The monoisotopic (exact) mass is 255 g/mol.